The van der Waals surface area contributed by atoms with E-state index in [0.717, 1.165) is 4.88 Å². The predicted molar refractivity (Wildman–Crippen MR) is 39.1 cm³/mol. The number of thiazole rings is 1. The smallest absolute Gasteiger partial charge is 0.197 e. The second-order valence-electron chi connectivity index (χ2n) is 1.46. The number of nitrogens with zero attached hydrogens (tertiary/aromatic N) is 1. The van der Waals surface area contributed by atoms with Crippen LogP contribution in [-0.2, 0) is 10.0 Å². The van der Waals surface area contributed by atoms with Crippen LogP contribution in [0.4, 0.5) is 0 Å². The molecule has 0 N–H and O–H groups in total. The number of hydrogen-bond donors (Lipinski definition) is 0. The fraction of sp³-hybridized carbons (Fsp3) is 0.250. The Labute approximate surface area is 63.8 Å². The fourth-order valence-corrected chi connectivity index (χ4v) is 2.09. The minimum Gasteiger partial charge on any atom is -0.235 e. The maximum absolute atomic E-state index is 10.5. The van der Waals surface area contributed by atoms with E-state index in [2.05, 4.69) is 4.98 Å². The Bertz CT molecular complexity index is 234. The largest absolute Gasteiger partial charge is 0.235 e. The zero-order valence-electron chi connectivity index (χ0n) is 4.63. The van der Waals surface area contributed by atoms with Gasteiger partial charge >= 0.3 is 0 Å². The van der Waals surface area contributed by atoms with Gasteiger partial charge in [-0.05, 0) is 17.6 Å². The van der Waals surface area contributed by atoms with E-state index in [1.165, 1.54) is 11.3 Å². The average Bonchev–Trinajstić information content (AvgIpc) is 2.14. The number of aryl methyl sites for hydroxylation is 1. The zero-order valence-corrected chi connectivity index (χ0v) is 7.02. The van der Waals surface area contributed by atoms with E-state index in [0.29, 0.717) is 4.34 Å². The lowest BCUT2D eigenvalue weighted by Crippen LogP contribution is -1.74. The van der Waals surface area contributed by atoms with E-state index >= 15 is 0 Å². The highest BCUT2D eigenvalue weighted by Gasteiger charge is 2.02. The number of aromatic nitrogens is 1. The summed E-state index contributed by atoms with van der Waals surface area (Å²) in [6, 6.07) is 0. The molecule has 1 rings (SSSR count). The van der Waals surface area contributed by atoms with E-state index in [4.69, 9.17) is 10.7 Å². The van der Waals surface area contributed by atoms with Gasteiger partial charge in [0.25, 0.3) is 0 Å². The molecule has 0 aromatic carbocycles. The van der Waals surface area contributed by atoms with Gasteiger partial charge in [0, 0.05) is 11.1 Å². The highest BCUT2D eigenvalue weighted by atomic mass is 35.7. The van der Waals surface area contributed by atoms with Crippen molar-refractivity contribution >= 4 is 32.0 Å². The number of hydrogen-bond acceptors (Lipinski definition) is 3. The van der Waals surface area contributed by atoms with E-state index in [1.807, 2.05) is 6.92 Å². The van der Waals surface area contributed by atoms with Crippen LogP contribution in [0.25, 0.3) is 0 Å². The maximum atomic E-state index is 10.5. The Morgan fingerprint density at radius 1 is 1.89 bits per heavy atom. The summed E-state index contributed by atoms with van der Waals surface area (Å²) < 4.78 is 11.0. The van der Waals surface area contributed by atoms with Gasteiger partial charge in [-0.3, -0.25) is 0 Å². The second kappa shape index (κ2) is 2.77. The van der Waals surface area contributed by atoms with Crippen LogP contribution >= 0.6 is 22.0 Å². The van der Waals surface area contributed by atoms with Crippen LogP contribution in [0.2, 0.25) is 0 Å². The first-order valence-corrected chi connectivity index (χ1v) is 5.00. The third-order valence-electron chi connectivity index (χ3n) is 0.737. The first kappa shape index (κ1) is 7.18. The van der Waals surface area contributed by atoms with Crippen molar-refractivity contribution in [3.8, 4) is 0 Å². The molecule has 0 aliphatic carbocycles. The molecule has 5 heteroatoms. The van der Waals surface area contributed by atoms with E-state index in [-0.39, 0.29) is 0 Å². The normalized spacial score (nSPS) is 13.6. The molecule has 1 aromatic rings. The van der Waals surface area contributed by atoms with Gasteiger partial charge < -0.3 is 0 Å². The van der Waals surface area contributed by atoms with Crippen LogP contribution in [0.3, 0.4) is 0 Å². The highest BCUT2D eigenvalue weighted by Crippen LogP contribution is 2.16. The summed E-state index contributed by atoms with van der Waals surface area (Å²) in [6.07, 6.45) is 1.65. The summed E-state index contributed by atoms with van der Waals surface area (Å²) in [7, 11) is 3.81. The molecule has 1 aromatic heterocycles. The standard InChI is InChI=1S/C4H4ClNOS2/c1-3-2-6-4(8-3)9(5)7/h2H,1H3. The molecule has 0 saturated heterocycles. The molecule has 0 radical (unpaired) electrons. The fourth-order valence-electron chi connectivity index (χ4n) is 0.408. The summed E-state index contributed by atoms with van der Waals surface area (Å²) in [5.74, 6) is 0. The minimum absolute atomic E-state index is 0.481. The number of halogens is 1. The molecule has 0 aliphatic heterocycles. The van der Waals surface area contributed by atoms with Crippen molar-refractivity contribution in [1.29, 1.82) is 0 Å². The Morgan fingerprint density at radius 3 is 2.78 bits per heavy atom. The van der Waals surface area contributed by atoms with Crippen molar-refractivity contribution < 1.29 is 4.21 Å². The quantitative estimate of drug-likeness (QED) is 0.618. The summed E-state index contributed by atoms with van der Waals surface area (Å²) in [6.45, 7) is 1.89. The van der Waals surface area contributed by atoms with Crippen LogP contribution in [0.1, 0.15) is 4.88 Å². The molecule has 9 heavy (non-hydrogen) atoms. The first-order chi connectivity index (χ1) is 4.20. The van der Waals surface area contributed by atoms with Gasteiger partial charge in [0.15, 0.2) is 14.4 Å². The molecule has 0 bridgehead atoms. The maximum Gasteiger partial charge on any atom is 0.197 e. The summed E-state index contributed by atoms with van der Waals surface area (Å²) >= 11 is 1.35. The molecule has 1 unspecified atom stereocenters. The molecular weight excluding hydrogens is 178 g/mol. The molecule has 1 heterocycles. The monoisotopic (exact) mass is 181 g/mol. The van der Waals surface area contributed by atoms with Crippen LogP contribution < -0.4 is 0 Å². The third-order valence-corrected chi connectivity index (χ3v) is 3.24. The molecule has 0 aliphatic rings. The van der Waals surface area contributed by atoms with Crippen molar-refractivity contribution in [2.45, 2.75) is 11.3 Å². The van der Waals surface area contributed by atoms with Gasteiger partial charge in [-0.15, -0.1) is 11.3 Å². The van der Waals surface area contributed by atoms with Gasteiger partial charge in [0.2, 0.25) is 0 Å². The van der Waals surface area contributed by atoms with Crippen LogP contribution in [0.15, 0.2) is 10.5 Å². The van der Waals surface area contributed by atoms with E-state index < -0.39 is 10.0 Å². The van der Waals surface area contributed by atoms with Gasteiger partial charge in [-0.25, -0.2) is 9.19 Å². The van der Waals surface area contributed by atoms with Crippen LogP contribution in [0, 0.1) is 6.92 Å². The van der Waals surface area contributed by atoms with Crippen molar-refractivity contribution in [3.63, 3.8) is 0 Å². The predicted octanol–water partition coefficient (Wildman–Crippen LogP) is 1.71. The van der Waals surface area contributed by atoms with Gasteiger partial charge in [-0.2, -0.15) is 0 Å². The molecule has 0 amide bonds. The lowest BCUT2D eigenvalue weighted by Gasteiger charge is -1.77. The average molecular weight is 182 g/mol. The van der Waals surface area contributed by atoms with Crippen molar-refractivity contribution in [1.82, 2.24) is 4.98 Å². The third kappa shape index (κ3) is 1.74. The summed E-state index contributed by atoms with van der Waals surface area (Å²) in [5.41, 5.74) is 0. The Morgan fingerprint density at radius 2 is 2.56 bits per heavy atom. The van der Waals surface area contributed by atoms with Crippen molar-refractivity contribution in [2.75, 3.05) is 0 Å². The Balaban J connectivity index is 2.98. The topological polar surface area (TPSA) is 30.0 Å². The first-order valence-electron chi connectivity index (χ1n) is 2.20. The molecule has 0 saturated carbocycles. The van der Waals surface area contributed by atoms with Crippen molar-refractivity contribution in [3.05, 3.63) is 11.1 Å². The van der Waals surface area contributed by atoms with Crippen molar-refractivity contribution in [2.24, 2.45) is 0 Å². The lowest BCUT2D eigenvalue weighted by molar-refractivity contribution is 0.690. The summed E-state index contributed by atoms with van der Waals surface area (Å²) in [5, 5.41) is 0. The van der Waals surface area contributed by atoms with Crippen LogP contribution in [0.5, 0.6) is 0 Å². The zero-order chi connectivity index (χ0) is 6.85. The molecule has 50 valence electrons. The molecular formula is C4H4ClNOS2. The number of rotatable bonds is 1. The van der Waals surface area contributed by atoms with E-state index in [1.54, 1.807) is 6.20 Å². The SMILES string of the molecule is Cc1cnc(S(=O)Cl)s1. The van der Waals surface area contributed by atoms with Gasteiger partial charge in [0.1, 0.15) is 0 Å². The van der Waals surface area contributed by atoms with E-state index in [9.17, 15) is 4.21 Å². The molecule has 2 nitrogen and oxygen atoms in total. The van der Waals surface area contributed by atoms with Crippen LogP contribution in [-0.4, -0.2) is 9.19 Å². The van der Waals surface area contributed by atoms with Gasteiger partial charge in [0.05, 0.1) is 0 Å². The second-order valence-corrected chi connectivity index (χ2v) is 4.63. The molecule has 1 atom stereocenters. The van der Waals surface area contributed by atoms with Gasteiger partial charge in [-0.1, -0.05) is 0 Å². The Hall–Kier alpha value is 0.0700. The highest BCUT2D eigenvalue weighted by molar-refractivity contribution is 8.09. The summed E-state index contributed by atoms with van der Waals surface area (Å²) in [4.78, 5) is 4.83. The molecule has 0 spiro atoms. The Kier molecular flexibility index (Phi) is 2.21. The minimum atomic E-state index is -1.43. The lowest BCUT2D eigenvalue weighted by atomic mass is 10.7. The molecule has 0 fully saturated rings.